The Balaban J connectivity index is 1.90. The highest BCUT2D eigenvalue weighted by Gasteiger charge is 2.30. The van der Waals surface area contributed by atoms with Crippen molar-refractivity contribution in [1.82, 2.24) is 14.7 Å². The van der Waals surface area contributed by atoms with E-state index in [4.69, 9.17) is 0 Å². The molecule has 1 aliphatic rings. The fourth-order valence-electron chi connectivity index (χ4n) is 3.53. The van der Waals surface area contributed by atoms with Crippen molar-refractivity contribution >= 4 is 21.8 Å². The Morgan fingerprint density at radius 3 is 2.64 bits per heavy atom. The molecule has 0 aliphatic carbocycles. The van der Waals surface area contributed by atoms with Gasteiger partial charge in [-0.25, -0.2) is 4.68 Å². The topological polar surface area (TPSA) is 58.4 Å². The lowest BCUT2D eigenvalue weighted by Crippen LogP contribution is -2.43. The summed E-state index contributed by atoms with van der Waals surface area (Å²) < 4.78 is 2.83. The summed E-state index contributed by atoms with van der Waals surface area (Å²) in [5.41, 5.74) is 3.20. The van der Waals surface area contributed by atoms with Gasteiger partial charge in [-0.15, -0.1) is 0 Å². The van der Waals surface area contributed by atoms with Crippen LogP contribution in [0.2, 0.25) is 0 Å². The zero-order valence-electron chi connectivity index (χ0n) is 14.9. The summed E-state index contributed by atoms with van der Waals surface area (Å²) in [5.74, 6) is 0.170. The van der Waals surface area contributed by atoms with Gasteiger partial charge in [-0.05, 0) is 57.9 Å². The van der Waals surface area contributed by atoms with Crippen molar-refractivity contribution in [3.63, 3.8) is 0 Å². The van der Waals surface area contributed by atoms with E-state index >= 15 is 0 Å². The van der Waals surface area contributed by atoms with Gasteiger partial charge in [0.25, 0.3) is 5.91 Å². The van der Waals surface area contributed by atoms with Gasteiger partial charge in [0.15, 0.2) is 0 Å². The van der Waals surface area contributed by atoms with E-state index in [2.05, 4.69) is 21.0 Å². The number of rotatable bonds is 3. The number of amides is 1. The third-order valence-electron chi connectivity index (χ3n) is 5.00. The molecule has 1 aromatic heterocycles. The van der Waals surface area contributed by atoms with Crippen LogP contribution in [0.25, 0.3) is 5.69 Å². The summed E-state index contributed by atoms with van der Waals surface area (Å²) >= 11 is 3.44. The first-order chi connectivity index (χ1) is 11.9. The lowest BCUT2D eigenvalue weighted by molar-refractivity contribution is 0.0465. The lowest BCUT2D eigenvalue weighted by Gasteiger charge is -2.34. The minimum atomic E-state index is -0.386. The Labute approximate surface area is 156 Å². The molecule has 2 heterocycles. The highest BCUT2D eigenvalue weighted by Crippen LogP contribution is 2.25. The predicted molar refractivity (Wildman–Crippen MR) is 101 cm³/mol. The molecule has 1 aromatic carbocycles. The van der Waals surface area contributed by atoms with Crippen LogP contribution in [0.4, 0.5) is 0 Å². The van der Waals surface area contributed by atoms with Crippen LogP contribution in [0.1, 0.15) is 41.5 Å². The number of benzene rings is 1. The van der Waals surface area contributed by atoms with Crippen LogP contribution < -0.4 is 0 Å². The summed E-state index contributed by atoms with van der Waals surface area (Å²) in [6.07, 6.45) is 1.51. The quantitative estimate of drug-likeness (QED) is 0.849. The molecule has 25 heavy (non-hydrogen) atoms. The highest BCUT2D eigenvalue weighted by molar-refractivity contribution is 9.10. The predicted octanol–water partition coefficient (Wildman–Crippen LogP) is 3.48. The molecule has 134 valence electrons. The van der Waals surface area contributed by atoms with Crippen molar-refractivity contribution in [2.75, 3.05) is 13.1 Å². The second kappa shape index (κ2) is 7.30. The van der Waals surface area contributed by atoms with E-state index in [0.29, 0.717) is 12.1 Å². The van der Waals surface area contributed by atoms with E-state index in [1.807, 2.05) is 47.7 Å². The molecular weight excluding hydrogens is 382 g/mol. The number of aryl methyl sites for hydroxylation is 1. The van der Waals surface area contributed by atoms with E-state index in [1.54, 1.807) is 6.92 Å². The molecule has 1 aliphatic heterocycles. The van der Waals surface area contributed by atoms with Gasteiger partial charge >= 0.3 is 0 Å². The number of aliphatic hydroxyl groups is 1. The molecule has 1 fully saturated rings. The Bertz CT molecular complexity index is 768. The van der Waals surface area contributed by atoms with E-state index in [9.17, 15) is 9.90 Å². The fraction of sp³-hybridized carbons (Fsp3) is 0.474. The SMILES string of the molecule is Cc1nn(-c2ccc(Br)cc2)c(C)c1C(=O)N1CCCC(C(C)O)C1. The van der Waals surface area contributed by atoms with Gasteiger partial charge in [0.1, 0.15) is 0 Å². The fourth-order valence-corrected chi connectivity index (χ4v) is 3.80. The molecule has 1 N–H and O–H groups in total. The summed E-state index contributed by atoms with van der Waals surface area (Å²) in [6, 6.07) is 7.88. The normalized spacial score (nSPS) is 19.1. The number of nitrogens with zero attached hydrogens (tertiary/aromatic N) is 3. The maximum absolute atomic E-state index is 13.1. The molecule has 2 unspecified atom stereocenters. The molecule has 5 nitrogen and oxygen atoms in total. The maximum Gasteiger partial charge on any atom is 0.257 e. The molecule has 1 amide bonds. The van der Waals surface area contributed by atoms with Crippen LogP contribution in [0.3, 0.4) is 0 Å². The average molecular weight is 406 g/mol. The van der Waals surface area contributed by atoms with Crippen molar-refractivity contribution < 1.29 is 9.90 Å². The zero-order valence-corrected chi connectivity index (χ0v) is 16.5. The molecule has 0 saturated carbocycles. The van der Waals surface area contributed by atoms with Crippen LogP contribution in [0.5, 0.6) is 0 Å². The summed E-state index contributed by atoms with van der Waals surface area (Å²) in [4.78, 5) is 15.0. The van der Waals surface area contributed by atoms with Crippen molar-refractivity contribution in [2.24, 2.45) is 5.92 Å². The second-order valence-corrected chi connectivity index (χ2v) is 7.74. The van der Waals surface area contributed by atoms with Crippen molar-refractivity contribution in [1.29, 1.82) is 0 Å². The molecule has 0 radical (unpaired) electrons. The second-order valence-electron chi connectivity index (χ2n) is 6.83. The number of hydrogen-bond donors (Lipinski definition) is 1. The number of hydrogen-bond acceptors (Lipinski definition) is 3. The molecule has 1 saturated heterocycles. The Morgan fingerprint density at radius 2 is 2.00 bits per heavy atom. The van der Waals surface area contributed by atoms with Gasteiger partial charge in [-0.1, -0.05) is 15.9 Å². The molecule has 3 rings (SSSR count). The maximum atomic E-state index is 13.1. The van der Waals surface area contributed by atoms with Crippen LogP contribution in [0, 0.1) is 19.8 Å². The number of carbonyl (C=O) groups is 1. The number of halogens is 1. The monoisotopic (exact) mass is 405 g/mol. The number of likely N-dealkylation sites (tertiary alicyclic amines) is 1. The number of aliphatic hydroxyl groups excluding tert-OH is 1. The number of piperidine rings is 1. The van der Waals surface area contributed by atoms with E-state index in [-0.39, 0.29) is 17.9 Å². The van der Waals surface area contributed by atoms with Gasteiger partial charge in [-0.3, -0.25) is 4.79 Å². The Hall–Kier alpha value is -1.66. The van der Waals surface area contributed by atoms with Crippen molar-refractivity contribution in [2.45, 2.75) is 39.7 Å². The molecular formula is C19H24BrN3O2. The van der Waals surface area contributed by atoms with E-state index < -0.39 is 0 Å². The van der Waals surface area contributed by atoms with Gasteiger partial charge in [0.05, 0.1) is 28.7 Å². The van der Waals surface area contributed by atoms with Crippen LogP contribution in [-0.2, 0) is 0 Å². The highest BCUT2D eigenvalue weighted by atomic mass is 79.9. The van der Waals surface area contributed by atoms with Crippen molar-refractivity contribution in [3.05, 3.63) is 45.7 Å². The largest absolute Gasteiger partial charge is 0.393 e. The third kappa shape index (κ3) is 3.65. The first kappa shape index (κ1) is 18.1. The molecule has 2 aromatic rings. The summed E-state index contributed by atoms with van der Waals surface area (Å²) in [5, 5.41) is 14.5. The summed E-state index contributed by atoms with van der Waals surface area (Å²) in [6.45, 7) is 6.97. The van der Waals surface area contributed by atoms with Crippen LogP contribution >= 0.6 is 15.9 Å². The van der Waals surface area contributed by atoms with Crippen LogP contribution in [-0.4, -0.2) is 44.9 Å². The molecule has 0 bridgehead atoms. The first-order valence-corrected chi connectivity index (χ1v) is 9.47. The standard InChI is InChI=1S/C19H24BrN3O2/c1-12-18(19(25)22-10-4-5-15(11-22)14(3)24)13(2)23(21-12)17-8-6-16(20)7-9-17/h6-9,14-15,24H,4-5,10-11H2,1-3H3. The minimum Gasteiger partial charge on any atom is -0.393 e. The van der Waals surface area contributed by atoms with Gasteiger partial charge in [-0.2, -0.15) is 5.10 Å². The van der Waals surface area contributed by atoms with Crippen molar-refractivity contribution in [3.8, 4) is 5.69 Å². The molecule has 0 spiro atoms. The minimum absolute atomic E-state index is 0.0173. The van der Waals surface area contributed by atoms with Gasteiger partial charge < -0.3 is 10.0 Å². The Morgan fingerprint density at radius 1 is 1.32 bits per heavy atom. The van der Waals surface area contributed by atoms with E-state index in [0.717, 1.165) is 40.9 Å². The van der Waals surface area contributed by atoms with Gasteiger partial charge in [0, 0.05) is 23.5 Å². The number of carbonyl (C=O) groups excluding carboxylic acids is 1. The number of aromatic nitrogens is 2. The van der Waals surface area contributed by atoms with Gasteiger partial charge in [0.2, 0.25) is 0 Å². The first-order valence-electron chi connectivity index (χ1n) is 8.68. The third-order valence-corrected chi connectivity index (χ3v) is 5.53. The lowest BCUT2D eigenvalue weighted by atomic mass is 9.93. The Kier molecular flexibility index (Phi) is 5.29. The smallest absolute Gasteiger partial charge is 0.257 e. The zero-order chi connectivity index (χ0) is 18.1. The van der Waals surface area contributed by atoms with Crippen LogP contribution in [0.15, 0.2) is 28.7 Å². The summed E-state index contributed by atoms with van der Waals surface area (Å²) in [7, 11) is 0. The molecule has 2 atom stereocenters. The average Bonchev–Trinajstić information content (AvgIpc) is 2.89. The molecule has 6 heteroatoms. The van der Waals surface area contributed by atoms with E-state index in [1.165, 1.54) is 0 Å².